The Labute approximate surface area is 172 Å². The maximum Gasteiger partial charge on any atom is 0.165 e. The minimum atomic E-state index is -0.257. The number of benzene rings is 2. The van der Waals surface area contributed by atoms with Gasteiger partial charge in [-0.25, -0.2) is 14.4 Å². The summed E-state index contributed by atoms with van der Waals surface area (Å²) >= 11 is 1.55. The Balaban J connectivity index is 1.76. The molecule has 0 radical (unpaired) electrons. The summed E-state index contributed by atoms with van der Waals surface area (Å²) in [6.45, 7) is 0.575. The van der Waals surface area contributed by atoms with Crippen LogP contribution in [-0.4, -0.2) is 31.2 Å². The highest BCUT2D eigenvalue weighted by atomic mass is 32.1. The summed E-state index contributed by atoms with van der Waals surface area (Å²) in [5.41, 5.74) is 2.91. The number of ether oxygens (including phenoxy) is 2. The van der Waals surface area contributed by atoms with Gasteiger partial charge in [0.15, 0.2) is 11.5 Å². The molecule has 0 unspecified atom stereocenters. The smallest absolute Gasteiger partial charge is 0.165 e. The van der Waals surface area contributed by atoms with Crippen molar-refractivity contribution in [2.24, 2.45) is 0 Å². The van der Waals surface area contributed by atoms with Gasteiger partial charge in [-0.05, 0) is 23.8 Å². The number of fused-ring (bicyclic) bond motifs is 1. The number of para-hydroxylation sites is 1. The first-order valence-corrected chi connectivity index (χ1v) is 9.89. The van der Waals surface area contributed by atoms with E-state index in [0.29, 0.717) is 18.0 Å². The topological polar surface area (TPSA) is 47.5 Å². The predicted octanol–water partition coefficient (Wildman–Crippen LogP) is 5.15. The zero-order valence-electron chi connectivity index (χ0n) is 16.3. The minimum Gasteiger partial charge on any atom is -0.493 e. The van der Waals surface area contributed by atoms with Crippen LogP contribution in [0.15, 0.2) is 54.2 Å². The molecule has 0 saturated carbocycles. The summed E-state index contributed by atoms with van der Waals surface area (Å²) in [7, 11) is 5.24. The van der Waals surface area contributed by atoms with Gasteiger partial charge < -0.3 is 14.4 Å². The lowest BCUT2D eigenvalue weighted by atomic mass is 10.1. The average molecular weight is 409 g/mol. The van der Waals surface area contributed by atoms with Gasteiger partial charge in [-0.3, -0.25) is 0 Å². The largest absolute Gasteiger partial charge is 0.493 e. The molecule has 0 atom stereocenters. The normalized spacial score (nSPS) is 10.9. The molecule has 29 heavy (non-hydrogen) atoms. The molecule has 4 rings (SSSR count). The number of halogens is 1. The first-order valence-electron chi connectivity index (χ1n) is 9.01. The fraction of sp³-hybridized carbons (Fsp3) is 0.182. The summed E-state index contributed by atoms with van der Waals surface area (Å²) in [6.07, 6.45) is 1.57. The van der Waals surface area contributed by atoms with E-state index in [-0.39, 0.29) is 5.82 Å². The Kier molecular flexibility index (Phi) is 5.31. The van der Waals surface area contributed by atoms with Crippen molar-refractivity contribution in [3.8, 4) is 22.6 Å². The van der Waals surface area contributed by atoms with Crippen molar-refractivity contribution in [2.45, 2.75) is 6.54 Å². The molecule has 4 aromatic rings. The quantitative estimate of drug-likeness (QED) is 0.441. The van der Waals surface area contributed by atoms with Crippen molar-refractivity contribution < 1.29 is 13.9 Å². The van der Waals surface area contributed by atoms with Gasteiger partial charge in [0.25, 0.3) is 0 Å². The predicted molar refractivity (Wildman–Crippen MR) is 114 cm³/mol. The van der Waals surface area contributed by atoms with Crippen LogP contribution in [-0.2, 0) is 6.54 Å². The van der Waals surface area contributed by atoms with Crippen LogP contribution in [0.4, 0.5) is 10.2 Å². The summed E-state index contributed by atoms with van der Waals surface area (Å²) in [5, 5.41) is 2.99. The van der Waals surface area contributed by atoms with Crippen molar-refractivity contribution in [1.82, 2.24) is 9.97 Å². The Morgan fingerprint density at radius 3 is 2.55 bits per heavy atom. The van der Waals surface area contributed by atoms with Crippen molar-refractivity contribution >= 4 is 27.4 Å². The lowest BCUT2D eigenvalue weighted by Crippen LogP contribution is -2.18. The highest BCUT2D eigenvalue weighted by Gasteiger charge is 2.18. The monoisotopic (exact) mass is 409 g/mol. The second-order valence-electron chi connectivity index (χ2n) is 6.54. The fourth-order valence-electron chi connectivity index (χ4n) is 3.40. The molecule has 0 amide bonds. The molecule has 0 spiro atoms. The summed E-state index contributed by atoms with van der Waals surface area (Å²) in [6, 6.07) is 12.3. The fourth-order valence-corrected chi connectivity index (χ4v) is 4.31. The van der Waals surface area contributed by atoms with Crippen LogP contribution >= 0.6 is 11.3 Å². The number of anilines is 1. The Morgan fingerprint density at radius 2 is 1.83 bits per heavy atom. The van der Waals surface area contributed by atoms with Gasteiger partial charge in [-0.1, -0.05) is 24.3 Å². The van der Waals surface area contributed by atoms with Crippen LogP contribution in [0, 0.1) is 5.82 Å². The second-order valence-corrected chi connectivity index (χ2v) is 7.40. The molecule has 0 bridgehead atoms. The number of aromatic nitrogens is 2. The third-order valence-electron chi connectivity index (χ3n) is 4.76. The van der Waals surface area contributed by atoms with Crippen LogP contribution in [0.1, 0.15) is 5.56 Å². The number of nitrogens with zero attached hydrogens (tertiary/aromatic N) is 3. The lowest BCUT2D eigenvalue weighted by Gasteiger charge is -2.21. The van der Waals surface area contributed by atoms with Gasteiger partial charge in [0.2, 0.25) is 0 Å². The van der Waals surface area contributed by atoms with Crippen LogP contribution in [0.3, 0.4) is 0 Å². The van der Waals surface area contributed by atoms with E-state index in [1.807, 2.05) is 30.6 Å². The highest BCUT2D eigenvalue weighted by molar-refractivity contribution is 7.17. The number of thiophene rings is 1. The van der Waals surface area contributed by atoms with E-state index in [4.69, 9.17) is 9.47 Å². The molecule has 0 aliphatic carbocycles. The highest BCUT2D eigenvalue weighted by Crippen LogP contribution is 2.39. The Morgan fingerprint density at radius 1 is 1.03 bits per heavy atom. The SMILES string of the molecule is COc1cccc(CN(C)c2ncnc3scc(-c4ccc(F)cc4)c23)c1OC. The first kappa shape index (κ1) is 19.1. The minimum absolute atomic E-state index is 0.257. The molecular formula is C22H20FN3O2S. The van der Waals surface area contributed by atoms with E-state index in [2.05, 4.69) is 14.9 Å². The van der Waals surface area contributed by atoms with Crippen molar-refractivity contribution in [3.63, 3.8) is 0 Å². The molecule has 0 fully saturated rings. The third-order valence-corrected chi connectivity index (χ3v) is 5.65. The van der Waals surface area contributed by atoms with E-state index in [1.54, 1.807) is 44.0 Å². The Hall–Kier alpha value is -3.19. The van der Waals surface area contributed by atoms with E-state index in [0.717, 1.165) is 32.7 Å². The van der Waals surface area contributed by atoms with Crippen LogP contribution in [0.25, 0.3) is 21.3 Å². The maximum absolute atomic E-state index is 13.4. The molecule has 148 valence electrons. The number of hydrogen-bond acceptors (Lipinski definition) is 6. The van der Waals surface area contributed by atoms with Crippen LogP contribution < -0.4 is 14.4 Å². The van der Waals surface area contributed by atoms with E-state index in [1.165, 1.54) is 12.1 Å². The number of hydrogen-bond donors (Lipinski definition) is 0. The Bertz CT molecular complexity index is 1140. The second kappa shape index (κ2) is 8.05. The van der Waals surface area contributed by atoms with Crippen LogP contribution in [0.2, 0.25) is 0 Å². The molecule has 2 aromatic heterocycles. The standard InChI is InChI=1S/C22H20FN3O2S/c1-26(11-15-5-4-6-18(27-2)20(15)28-3)21-19-17(12-29-22(19)25-13-24-21)14-7-9-16(23)10-8-14/h4-10,12-13H,11H2,1-3H3. The first-order chi connectivity index (χ1) is 14.1. The van der Waals surface area contributed by atoms with Crippen molar-refractivity contribution in [2.75, 3.05) is 26.2 Å². The maximum atomic E-state index is 13.4. The molecule has 7 heteroatoms. The van der Waals surface area contributed by atoms with Gasteiger partial charge in [0, 0.05) is 30.1 Å². The van der Waals surface area contributed by atoms with Crippen molar-refractivity contribution in [1.29, 1.82) is 0 Å². The molecule has 5 nitrogen and oxygen atoms in total. The lowest BCUT2D eigenvalue weighted by molar-refractivity contribution is 0.351. The van der Waals surface area contributed by atoms with E-state index < -0.39 is 0 Å². The molecule has 0 aliphatic rings. The molecule has 0 aliphatic heterocycles. The van der Waals surface area contributed by atoms with Gasteiger partial charge in [-0.2, -0.15) is 0 Å². The van der Waals surface area contributed by atoms with E-state index >= 15 is 0 Å². The summed E-state index contributed by atoms with van der Waals surface area (Å²) in [4.78, 5) is 11.9. The molecule has 0 N–H and O–H groups in total. The van der Waals surface area contributed by atoms with Gasteiger partial charge in [-0.15, -0.1) is 11.3 Å². The molecular weight excluding hydrogens is 389 g/mol. The molecule has 2 heterocycles. The van der Waals surface area contributed by atoms with Crippen LogP contribution in [0.5, 0.6) is 11.5 Å². The number of rotatable bonds is 6. The third kappa shape index (κ3) is 3.61. The molecule has 2 aromatic carbocycles. The zero-order valence-corrected chi connectivity index (χ0v) is 17.2. The van der Waals surface area contributed by atoms with Crippen molar-refractivity contribution in [3.05, 3.63) is 65.6 Å². The number of methoxy groups -OCH3 is 2. The summed E-state index contributed by atoms with van der Waals surface area (Å²) in [5.74, 6) is 1.94. The van der Waals surface area contributed by atoms with E-state index in [9.17, 15) is 4.39 Å². The van der Waals surface area contributed by atoms with Gasteiger partial charge in [0.05, 0.1) is 19.6 Å². The molecule has 0 saturated heterocycles. The summed E-state index contributed by atoms with van der Waals surface area (Å²) < 4.78 is 24.3. The average Bonchev–Trinajstić information content (AvgIpc) is 3.18. The van der Waals surface area contributed by atoms with Gasteiger partial charge in [0.1, 0.15) is 22.8 Å². The van der Waals surface area contributed by atoms with Gasteiger partial charge >= 0.3 is 0 Å². The zero-order chi connectivity index (χ0) is 20.4.